The first-order chi connectivity index (χ1) is 12.1. The standard InChI is InChI=1S/C20H20N4O/c1-13-18(14(2)23(3)22-13)19-21-17-12-8-7-11-16(17)20(25)24(19)15-9-5-4-6-10-15/h4-12,19,21H,1-3H3/t19-/m1/s1. The third-order valence-corrected chi connectivity index (χ3v) is 4.80. The number of rotatable bonds is 2. The highest BCUT2D eigenvalue weighted by Gasteiger charge is 2.36. The van der Waals surface area contributed by atoms with E-state index >= 15 is 0 Å². The van der Waals surface area contributed by atoms with Crippen LogP contribution in [-0.2, 0) is 7.05 Å². The Hall–Kier alpha value is -3.08. The fourth-order valence-electron chi connectivity index (χ4n) is 3.50. The topological polar surface area (TPSA) is 50.2 Å². The van der Waals surface area contributed by atoms with Gasteiger partial charge in [-0.1, -0.05) is 30.3 Å². The van der Waals surface area contributed by atoms with Gasteiger partial charge in [0, 0.05) is 29.7 Å². The first kappa shape index (κ1) is 15.4. The molecule has 2 aromatic carbocycles. The number of hydrogen-bond donors (Lipinski definition) is 1. The van der Waals surface area contributed by atoms with E-state index in [9.17, 15) is 4.79 Å². The number of amides is 1. The normalized spacial score (nSPS) is 16.5. The molecule has 0 bridgehead atoms. The van der Waals surface area contributed by atoms with Crippen molar-refractivity contribution in [2.24, 2.45) is 7.05 Å². The zero-order chi connectivity index (χ0) is 17.6. The first-order valence-electron chi connectivity index (χ1n) is 8.32. The fourth-order valence-corrected chi connectivity index (χ4v) is 3.50. The molecule has 4 rings (SSSR count). The van der Waals surface area contributed by atoms with Gasteiger partial charge in [0.2, 0.25) is 0 Å². The molecule has 1 N–H and O–H groups in total. The SMILES string of the molecule is Cc1nn(C)c(C)c1[C@@H]1Nc2ccccc2C(=O)N1c1ccccc1. The summed E-state index contributed by atoms with van der Waals surface area (Å²) in [5, 5.41) is 8.07. The number of anilines is 2. The van der Waals surface area contributed by atoms with Gasteiger partial charge >= 0.3 is 0 Å². The Balaban J connectivity index is 1.92. The van der Waals surface area contributed by atoms with Gasteiger partial charge in [0.25, 0.3) is 5.91 Å². The van der Waals surface area contributed by atoms with Gasteiger partial charge in [0.1, 0.15) is 6.17 Å². The van der Waals surface area contributed by atoms with Crippen molar-refractivity contribution in [3.8, 4) is 0 Å². The molecule has 0 unspecified atom stereocenters. The minimum Gasteiger partial charge on any atom is -0.360 e. The van der Waals surface area contributed by atoms with Crippen molar-refractivity contribution in [2.75, 3.05) is 10.2 Å². The third kappa shape index (κ3) is 2.39. The van der Waals surface area contributed by atoms with Crippen molar-refractivity contribution in [3.05, 3.63) is 77.1 Å². The molecule has 0 spiro atoms. The van der Waals surface area contributed by atoms with Crippen LogP contribution in [-0.4, -0.2) is 15.7 Å². The van der Waals surface area contributed by atoms with E-state index in [4.69, 9.17) is 0 Å². The summed E-state index contributed by atoms with van der Waals surface area (Å²) >= 11 is 0. The van der Waals surface area contributed by atoms with Crippen LogP contribution in [0, 0.1) is 13.8 Å². The molecule has 0 radical (unpaired) electrons. The zero-order valence-corrected chi connectivity index (χ0v) is 14.5. The summed E-state index contributed by atoms with van der Waals surface area (Å²) in [6, 6.07) is 17.4. The highest BCUT2D eigenvalue weighted by molar-refractivity contribution is 6.12. The van der Waals surface area contributed by atoms with Crippen LogP contribution in [0.3, 0.4) is 0 Å². The van der Waals surface area contributed by atoms with E-state index in [1.165, 1.54) is 0 Å². The molecule has 126 valence electrons. The van der Waals surface area contributed by atoms with Gasteiger partial charge in [-0.15, -0.1) is 0 Å². The van der Waals surface area contributed by atoms with Crippen LogP contribution in [0.25, 0.3) is 0 Å². The molecular formula is C20H20N4O. The predicted molar refractivity (Wildman–Crippen MR) is 98.7 cm³/mol. The zero-order valence-electron chi connectivity index (χ0n) is 14.5. The average Bonchev–Trinajstić information content (AvgIpc) is 2.87. The van der Waals surface area contributed by atoms with E-state index in [1.54, 1.807) is 0 Å². The largest absolute Gasteiger partial charge is 0.360 e. The third-order valence-electron chi connectivity index (χ3n) is 4.80. The van der Waals surface area contributed by atoms with E-state index in [0.717, 1.165) is 28.3 Å². The second kappa shape index (κ2) is 5.77. The average molecular weight is 332 g/mol. The summed E-state index contributed by atoms with van der Waals surface area (Å²) in [7, 11) is 1.93. The number of fused-ring (bicyclic) bond motifs is 1. The van der Waals surface area contributed by atoms with Crippen molar-refractivity contribution in [3.63, 3.8) is 0 Å². The molecule has 5 heteroatoms. The Kier molecular flexibility index (Phi) is 3.57. The summed E-state index contributed by atoms with van der Waals surface area (Å²) in [5.41, 5.74) is 5.40. The summed E-state index contributed by atoms with van der Waals surface area (Å²) in [4.78, 5) is 15.1. The number of carbonyl (C=O) groups excluding carboxylic acids is 1. The molecule has 1 aliphatic rings. The van der Waals surface area contributed by atoms with Crippen LogP contribution in [0.15, 0.2) is 54.6 Å². The molecule has 1 amide bonds. The lowest BCUT2D eigenvalue weighted by Crippen LogP contribution is -2.43. The van der Waals surface area contributed by atoms with Crippen molar-refractivity contribution in [1.29, 1.82) is 0 Å². The van der Waals surface area contributed by atoms with Gasteiger partial charge in [-0.05, 0) is 38.1 Å². The summed E-state index contributed by atoms with van der Waals surface area (Å²) in [6.45, 7) is 4.02. The first-order valence-corrected chi connectivity index (χ1v) is 8.32. The van der Waals surface area contributed by atoms with E-state index < -0.39 is 0 Å². The van der Waals surface area contributed by atoms with E-state index in [-0.39, 0.29) is 12.1 Å². The van der Waals surface area contributed by atoms with E-state index in [1.807, 2.05) is 85.1 Å². The molecule has 25 heavy (non-hydrogen) atoms. The van der Waals surface area contributed by atoms with Crippen molar-refractivity contribution in [1.82, 2.24) is 9.78 Å². The Morgan fingerprint density at radius 2 is 1.68 bits per heavy atom. The van der Waals surface area contributed by atoms with Crippen LogP contribution in [0.4, 0.5) is 11.4 Å². The molecular weight excluding hydrogens is 312 g/mol. The number of benzene rings is 2. The van der Waals surface area contributed by atoms with Crippen LogP contribution >= 0.6 is 0 Å². The van der Waals surface area contributed by atoms with Gasteiger partial charge < -0.3 is 5.32 Å². The minimum atomic E-state index is -0.293. The van der Waals surface area contributed by atoms with Crippen LogP contribution in [0.5, 0.6) is 0 Å². The number of nitrogens with one attached hydrogen (secondary N) is 1. The molecule has 0 fully saturated rings. The smallest absolute Gasteiger partial charge is 0.262 e. The fraction of sp³-hybridized carbons (Fsp3) is 0.200. The second-order valence-corrected chi connectivity index (χ2v) is 6.31. The highest BCUT2D eigenvalue weighted by atomic mass is 16.2. The minimum absolute atomic E-state index is 0.00629. The van der Waals surface area contributed by atoms with E-state index in [0.29, 0.717) is 5.56 Å². The van der Waals surface area contributed by atoms with Crippen LogP contribution in [0.1, 0.15) is 33.5 Å². The quantitative estimate of drug-likeness (QED) is 0.776. The maximum absolute atomic E-state index is 13.3. The van der Waals surface area contributed by atoms with Crippen LogP contribution in [0.2, 0.25) is 0 Å². The Morgan fingerprint density at radius 3 is 2.36 bits per heavy atom. The molecule has 0 aliphatic carbocycles. The Morgan fingerprint density at radius 1 is 1.00 bits per heavy atom. The van der Waals surface area contributed by atoms with Crippen LogP contribution < -0.4 is 10.2 Å². The number of aromatic nitrogens is 2. The maximum Gasteiger partial charge on any atom is 0.262 e. The lowest BCUT2D eigenvalue weighted by molar-refractivity contribution is 0.0975. The molecule has 3 aromatic rings. The Bertz CT molecular complexity index is 946. The monoisotopic (exact) mass is 332 g/mol. The summed E-state index contributed by atoms with van der Waals surface area (Å²) < 4.78 is 1.86. The van der Waals surface area contributed by atoms with Gasteiger partial charge in [0.15, 0.2) is 0 Å². The molecule has 1 aliphatic heterocycles. The van der Waals surface area contributed by atoms with Gasteiger partial charge in [-0.3, -0.25) is 14.4 Å². The number of nitrogens with zero attached hydrogens (tertiary/aromatic N) is 3. The predicted octanol–water partition coefficient (Wildman–Crippen LogP) is 3.81. The van der Waals surface area contributed by atoms with Gasteiger partial charge in [-0.25, -0.2) is 0 Å². The van der Waals surface area contributed by atoms with Crippen molar-refractivity contribution >= 4 is 17.3 Å². The molecule has 1 atom stereocenters. The Labute approximate surface area is 146 Å². The maximum atomic E-state index is 13.3. The molecule has 5 nitrogen and oxygen atoms in total. The molecule has 0 saturated carbocycles. The molecule has 2 heterocycles. The van der Waals surface area contributed by atoms with Gasteiger partial charge in [-0.2, -0.15) is 5.10 Å². The number of carbonyl (C=O) groups is 1. The van der Waals surface area contributed by atoms with Crippen molar-refractivity contribution in [2.45, 2.75) is 20.0 Å². The molecule has 0 saturated heterocycles. The second-order valence-electron chi connectivity index (χ2n) is 6.31. The summed E-state index contributed by atoms with van der Waals surface area (Å²) in [5.74, 6) is -0.00629. The number of para-hydroxylation sites is 2. The number of hydrogen-bond acceptors (Lipinski definition) is 3. The molecule has 1 aromatic heterocycles. The lowest BCUT2D eigenvalue weighted by atomic mass is 10.0. The van der Waals surface area contributed by atoms with Crippen molar-refractivity contribution < 1.29 is 4.79 Å². The highest BCUT2D eigenvalue weighted by Crippen LogP contribution is 2.38. The number of aryl methyl sites for hydroxylation is 2. The van der Waals surface area contributed by atoms with Gasteiger partial charge in [0.05, 0.1) is 11.3 Å². The van der Waals surface area contributed by atoms with E-state index in [2.05, 4.69) is 10.4 Å². The summed E-state index contributed by atoms with van der Waals surface area (Å²) in [6.07, 6.45) is -0.293. The lowest BCUT2D eigenvalue weighted by Gasteiger charge is -2.38.